The fourth-order valence-electron chi connectivity index (χ4n) is 5.44. The second-order valence-corrected chi connectivity index (χ2v) is 19.1. The maximum Gasteiger partial charge on any atom is 0.280 e. The number of hydrogen-bond donors (Lipinski definition) is 7. The number of imidazole rings is 2. The van der Waals surface area contributed by atoms with Gasteiger partial charge in [-0.3, -0.25) is 32.1 Å². The average Bonchev–Trinajstić information content (AvgIpc) is 3.77. The summed E-state index contributed by atoms with van der Waals surface area (Å²) >= 11 is 0. The molecular weight excluding hydrogens is 804 g/mol. The molecule has 6 rings (SSSR count). The third-order valence-corrected chi connectivity index (χ3v) is 15.5. The minimum Gasteiger partial charge on any atom is -0.778 e. The molecule has 0 saturated carbocycles. The van der Waals surface area contributed by atoms with Crippen molar-refractivity contribution >= 4 is 64.7 Å². The van der Waals surface area contributed by atoms with Crippen molar-refractivity contribution in [1.29, 1.82) is 0 Å². The van der Waals surface area contributed by atoms with E-state index < -0.39 is 104 Å². The van der Waals surface area contributed by atoms with Crippen LogP contribution in [0.15, 0.2) is 23.8 Å². The van der Waals surface area contributed by atoms with Crippen LogP contribution < -0.4 is 36.6 Å². The smallest absolute Gasteiger partial charge is 0.280 e. The zero-order chi connectivity index (χ0) is 38.8. The average molecular weight is 830 g/mol. The number of H-pyrrole nitrogens is 1. The number of ether oxygens (including phenoxy) is 2. The summed E-state index contributed by atoms with van der Waals surface area (Å²) in [5.74, 6) is -2.74. The molecule has 0 radical (unpaired) electrons. The summed E-state index contributed by atoms with van der Waals surface area (Å²) in [4.78, 5) is 83.4. The molecule has 2 aliphatic rings. The Kier molecular flexibility index (Phi) is 10.6. The molecule has 2 saturated heterocycles. The number of phosphoric acid groups is 1. The van der Waals surface area contributed by atoms with E-state index in [-0.39, 0.29) is 34.1 Å². The van der Waals surface area contributed by atoms with Crippen LogP contribution in [0.1, 0.15) is 12.5 Å². The Bertz CT molecular complexity index is 2290. The van der Waals surface area contributed by atoms with E-state index in [2.05, 4.69) is 43.0 Å². The summed E-state index contributed by atoms with van der Waals surface area (Å²) in [6.45, 7) is -1.17. The number of phosphoric ester groups is 1. The van der Waals surface area contributed by atoms with Crippen molar-refractivity contribution in [3.05, 3.63) is 29.3 Å². The number of anilines is 2. The second kappa shape index (κ2) is 14.2. The van der Waals surface area contributed by atoms with Gasteiger partial charge in [0.15, 0.2) is 42.7 Å². The van der Waals surface area contributed by atoms with Crippen molar-refractivity contribution in [2.45, 2.75) is 49.1 Å². The summed E-state index contributed by atoms with van der Waals surface area (Å²) in [6.07, 6.45) is -12.5. The van der Waals surface area contributed by atoms with Crippen molar-refractivity contribution in [2.75, 3.05) is 30.1 Å². The third-order valence-electron chi connectivity index (χ3n) is 7.68. The van der Waals surface area contributed by atoms with Gasteiger partial charge in [-0.25, -0.2) is 19.9 Å². The van der Waals surface area contributed by atoms with E-state index >= 15 is 0 Å². The van der Waals surface area contributed by atoms with E-state index in [4.69, 9.17) is 20.9 Å². The van der Waals surface area contributed by atoms with Crippen LogP contribution in [0.4, 0.5) is 11.8 Å². The van der Waals surface area contributed by atoms with Gasteiger partial charge in [0.05, 0.1) is 31.3 Å². The van der Waals surface area contributed by atoms with E-state index in [0.717, 1.165) is 28.1 Å². The fraction of sp³-hybridized carbons (Fsp3) is 0.524. The van der Waals surface area contributed by atoms with Gasteiger partial charge in [0, 0.05) is 6.16 Å². The minimum absolute atomic E-state index is 0.0283. The third kappa shape index (κ3) is 8.29. The van der Waals surface area contributed by atoms with Gasteiger partial charge in [0.25, 0.3) is 13.4 Å². The lowest BCUT2D eigenvalue weighted by Gasteiger charge is -2.38. The number of nitrogen functional groups attached to an aromatic ring is 2. The molecule has 0 spiro atoms. The monoisotopic (exact) mass is 830 g/mol. The van der Waals surface area contributed by atoms with Crippen LogP contribution in [-0.4, -0.2) is 115 Å². The first-order valence-electron chi connectivity index (χ1n) is 14.5. The summed E-state index contributed by atoms with van der Waals surface area (Å²) in [6, 6.07) is 0. The van der Waals surface area contributed by atoms with Gasteiger partial charge < -0.3 is 79.2 Å². The number of fused-ring (bicyclic) bond motifs is 2. The molecule has 0 aliphatic carbocycles. The highest BCUT2D eigenvalue weighted by molar-refractivity contribution is 7.75. The SMILES string of the molecule is Nc1nc2c(ncn2[C@@H]2O[C@H](CP(=O)([O-])OP(=O)([O-])CP(=O)([O-])OP(=O)([O-])OC[C@H]3O[C@@H](n4cnc5c(N)ncnc54)C(O)C3O)C(O)[C@@H]2O)c(=O)[nH]1. The number of aliphatic hydroxyl groups excluding tert-OH is 4. The van der Waals surface area contributed by atoms with Gasteiger partial charge in [-0.05, 0) is 0 Å². The lowest BCUT2D eigenvalue weighted by Crippen LogP contribution is -2.34. The Hall–Kier alpha value is -3.10. The highest BCUT2D eigenvalue weighted by atomic mass is 31.3. The first-order valence-corrected chi connectivity index (χ1v) is 21.2. The standard InChI is InChI=1S/C21H30N10O18P4/c22-15-9-16(25-3-24-15)30(4-26-9)19-13(34)11(32)7(46-19)1-45-53(43,44)49-52(41,42)6-51(39,40)48-50(37,38)2-8-12(33)14(35)20(47-8)31-5-27-10-17(31)28-21(23)29-18(10)36/h3-5,7-8,11-14,19-20,32-35H,1-2,6H2,(H,37,38)(H,39,40)(H,41,42)(H,43,44)(H2,22,24,25)(H3,23,28,29,36)/p-4/t7-,8-,11?,12?,13?,14+,19-,20-/m1/s1. The number of nitrogens with zero attached hydrogens (tertiary/aromatic N) is 7. The predicted octanol–water partition coefficient (Wildman–Crippen LogP) is -5.50. The van der Waals surface area contributed by atoms with Gasteiger partial charge >= 0.3 is 0 Å². The quantitative estimate of drug-likeness (QED) is 0.0618. The molecule has 7 unspecified atom stereocenters. The summed E-state index contributed by atoms with van der Waals surface area (Å²) in [5, 5.41) is 41.8. The van der Waals surface area contributed by atoms with E-state index in [0.29, 0.717) is 0 Å². The summed E-state index contributed by atoms with van der Waals surface area (Å²) in [7, 11) is -23.9. The molecule has 292 valence electrons. The Morgan fingerprint density at radius 2 is 1.34 bits per heavy atom. The molecule has 53 heavy (non-hydrogen) atoms. The number of hydrogen-bond acceptors (Lipinski definition) is 25. The highest BCUT2D eigenvalue weighted by Crippen LogP contribution is 2.65. The number of aromatic amines is 1. The van der Waals surface area contributed by atoms with Gasteiger partial charge in [-0.1, -0.05) is 0 Å². The highest BCUT2D eigenvalue weighted by Gasteiger charge is 2.47. The molecule has 32 heteroatoms. The van der Waals surface area contributed by atoms with Crippen LogP contribution >= 0.6 is 30.6 Å². The molecular formula is C21H26N10O18P4-4. The van der Waals surface area contributed by atoms with Crippen LogP contribution in [0, 0.1) is 0 Å². The maximum absolute atomic E-state index is 12.6. The van der Waals surface area contributed by atoms with Crippen molar-refractivity contribution in [3.63, 3.8) is 0 Å². The molecule has 28 nitrogen and oxygen atoms in total. The van der Waals surface area contributed by atoms with E-state index in [1.165, 1.54) is 0 Å². The van der Waals surface area contributed by atoms with Crippen LogP contribution in [0.25, 0.3) is 22.3 Å². The topological polar surface area (TPSA) is 447 Å². The Labute approximate surface area is 293 Å². The number of rotatable bonds is 13. The molecule has 0 bridgehead atoms. The van der Waals surface area contributed by atoms with Gasteiger partial charge in [0.2, 0.25) is 5.95 Å². The van der Waals surface area contributed by atoms with E-state index in [1.54, 1.807) is 0 Å². The van der Waals surface area contributed by atoms with Crippen LogP contribution in [-0.2, 0) is 40.9 Å². The number of aliphatic hydroxyl groups is 4. The molecule has 2 fully saturated rings. The summed E-state index contributed by atoms with van der Waals surface area (Å²) in [5.41, 5.74) is 10.1. The molecule has 9 N–H and O–H groups in total. The molecule has 2 aliphatic heterocycles. The van der Waals surface area contributed by atoms with Gasteiger partial charge in [0.1, 0.15) is 57.6 Å². The van der Waals surface area contributed by atoms with E-state index in [9.17, 15) is 63.1 Å². The van der Waals surface area contributed by atoms with Crippen LogP contribution in [0.3, 0.4) is 0 Å². The normalized spacial score (nSPS) is 30.9. The van der Waals surface area contributed by atoms with Crippen molar-refractivity contribution < 1.29 is 80.9 Å². The van der Waals surface area contributed by atoms with Crippen LogP contribution in [0.2, 0.25) is 0 Å². The lowest BCUT2D eigenvalue weighted by molar-refractivity contribution is -0.234. The number of aromatic nitrogens is 8. The largest absolute Gasteiger partial charge is 0.778 e. The molecule has 0 amide bonds. The first kappa shape index (κ1) is 39.6. The second-order valence-electron chi connectivity index (χ2n) is 11.5. The van der Waals surface area contributed by atoms with Crippen molar-refractivity contribution in [2.24, 2.45) is 0 Å². The molecule has 0 aromatic carbocycles. The van der Waals surface area contributed by atoms with Crippen LogP contribution in [0.5, 0.6) is 0 Å². The van der Waals surface area contributed by atoms with E-state index in [1.807, 2.05) is 0 Å². The predicted molar refractivity (Wildman–Crippen MR) is 162 cm³/mol. The Morgan fingerprint density at radius 3 is 2.00 bits per heavy atom. The number of nitrogens with one attached hydrogen (secondary N) is 1. The van der Waals surface area contributed by atoms with Gasteiger partial charge in [-0.15, -0.1) is 0 Å². The first-order chi connectivity index (χ1) is 24.6. The van der Waals surface area contributed by atoms with Crippen molar-refractivity contribution in [3.8, 4) is 0 Å². The zero-order valence-electron chi connectivity index (χ0n) is 26.1. The molecule has 4 aromatic heterocycles. The Morgan fingerprint density at radius 1 is 0.774 bits per heavy atom. The molecule has 4 aromatic rings. The zero-order valence-corrected chi connectivity index (χ0v) is 29.6. The molecule has 12 atom stereocenters. The minimum atomic E-state index is -6.10. The fourth-order valence-corrected chi connectivity index (χ4v) is 12.7. The maximum atomic E-state index is 12.6. The lowest BCUT2D eigenvalue weighted by atomic mass is 10.1. The summed E-state index contributed by atoms with van der Waals surface area (Å²) < 4.78 is 75.1. The molecule has 6 heterocycles. The number of nitrogens with two attached hydrogens (primary N) is 2. The van der Waals surface area contributed by atoms with Gasteiger partial charge in [-0.2, -0.15) is 4.98 Å². The van der Waals surface area contributed by atoms with Crippen molar-refractivity contribution in [1.82, 2.24) is 39.0 Å². The Balaban J connectivity index is 1.05.